The van der Waals surface area contributed by atoms with Crippen molar-refractivity contribution in [2.24, 2.45) is 0 Å². The quantitative estimate of drug-likeness (QED) is 0.783. The summed E-state index contributed by atoms with van der Waals surface area (Å²) in [6, 6.07) is 11.4. The van der Waals surface area contributed by atoms with E-state index in [1.165, 1.54) is 18.2 Å². The summed E-state index contributed by atoms with van der Waals surface area (Å²) < 4.78 is 46.2. The van der Waals surface area contributed by atoms with E-state index in [0.717, 1.165) is 21.5 Å². The maximum atomic E-state index is 14.1. The summed E-state index contributed by atoms with van der Waals surface area (Å²) in [6.45, 7) is 1.80. The first kappa shape index (κ1) is 17.6. The summed E-state index contributed by atoms with van der Waals surface area (Å²) in [7, 11) is -4.19. The van der Waals surface area contributed by atoms with Crippen molar-refractivity contribution in [2.45, 2.75) is 30.8 Å². The molecule has 2 aromatic rings. The fraction of sp³-hybridized carbons (Fsp3) is 0.278. The van der Waals surface area contributed by atoms with Crippen LogP contribution in [0.4, 0.5) is 4.39 Å². The lowest BCUT2D eigenvalue weighted by molar-refractivity contribution is -0.148. The highest BCUT2D eigenvalue weighted by molar-refractivity contribution is 7.89. The van der Waals surface area contributed by atoms with E-state index >= 15 is 0 Å². The average Bonchev–Trinajstić information content (AvgIpc) is 2.61. The largest absolute Gasteiger partial charge is 0.465 e. The van der Waals surface area contributed by atoms with E-state index < -0.39 is 32.7 Å². The molecule has 0 saturated carbocycles. The summed E-state index contributed by atoms with van der Waals surface area (Å²) in [5.74, 6) is -1.47. The van der Waals surface area contributed by atoms with Gasteiger partial charge in [-0.15, -0.1) is 0 Å². The minimum atomic E-state index is -4.19. The number of fused-ring (bicyclic) bond motifs is 1. The number of hydrogen-bond donors (Lipinski definition) is 0. The number of halogens is 1. The van der Waals surface area contributed by atoms with Gasteiger partial charge in [0.05, 0.1) is 6.61 Å². The Bertz CT molecular complexity index is 897. The second-order valence-electron chi connectivity index (χ2n) is 5.72. The van der Waals surface area contributed by atoms with Crippen LogP contribution in [0.3, 0.4) is 0 Å². The van der Waals surface area contributed by atoms with Crippen molar-refractivity contribution in [3.05, 3.63) is 65.5 Å². The Balaban J connectivity index is 2.07. The van der Waals surface area contributed by atoms with Gasteiger partial charge in [0.2, 0.25) is 10.0 Å². The standard InChI is InChI=1S/C18H18FNO4S/c1-2-24-18(21)16-11-13-7-3-4-8-14(13)12-20(16)25(22,23)17-10-6-5-9-15(17)19/h3-10,16H,2,11-12H2,1H3. The van der Waals surface area contributed by atoms with E-state index in [1.54, 1.807) is 19.1 Å². The molecule has 0 aliphatic carbocycles. The number of sulfonamides is 1. The Morgan fingerprint density at radius 2 is 1.80 bits per heavy atom. The zero-order valence-corrected chi connectivity index (χ0v) is 14.5. The molecule has 0 spiro atoms. The molecule has 5 nitrogen and oxygen atoms in total. The van der Waals surface area contributed by atoms with Crippen LogP contribution in [0.5, 0.6) is 0 Å². The van der Waals surface area contributed by atoms with Gasteiger partial charge in [-0.3, -0.25) is 4.79 Å². The molecular weight excluding hydrogens is 345 g/mol. The van der Waals surface area contributed by atoms with Gasteiger partial charge in [0, 0.05) is 13.0 Å². The molecule has 1 unspecified atom stereocenters. The number of carbonyl (C=O) groups is 1. The zero-order chi connectivity index (χ0) is 18.0. The predicted molar refractivity (Wildman–Crippen MR) is 89.7 cm³/mol. The fourth-order valence-corrected chi connectivity index (χ4v) is 4.59. The normalized spacial score (nSPS) is 17.8. The second-order valence-corrected chi connectivity index (χ2v) is 7.58. The van der Waals surface area contributed by atoms with Crippen molar-refractivity contribution < 1.29 is 22.3 Å². The number of nitrogens with zero attached hydrogens (tertiary/aromatic N) is 1. The Hall–Kier alpha value is -2.25. The van der Waals surface area contributed by atoms with E-state index in [4.69, 9.17) is 4.74 Å². The van der Waals surface area contributed by atoms with Crippen molar-refractivity contribution in [3.63, 3.8) is 0 Å². The fourth-order valence-electron chi connectivity index (χ4n) is 2.97. The molecular formula is C18H18FNO4S. The lowest BCUT2D eigenvalue weighted by atomic mass is 9.96. The molecule has 1 atom stereocenters. The van der Waals surface area contributed by atoms with Crippen LogP contribution in [-0.4, -0.2) is 31.3 Å². The van der Waals surface area contributed by atoms with Crippen molar-refractivity contribution in [3.8, 4) is 0 Å². The maximum absolute atomic E-state index is 14.1. The first-order chi connectivity index (χ1) is 11.9. The monoisotopic (exact) mass is 363 g/mol. The molecule has 132 valence electrons. The van der Waals surface area contributed by atoms with Crippen molar-refractivity contribution >= 4 is 16.0 Å². The van der Waals surface area contributed by atoms with Gasteiger partial charge >= 0.3 is 5.97 Å². The van der Waals surface area contributed by atoms with Gasteiger partial charge in [-0.1, -0.05) is 36.4 Å². The molecule has 0 fully saturated rings. The average molecular weight is 363 g/mol. The third-order valence-corrected chi connectivity index (χ3v) is 6.08. The molecule has 0 N–H and O–H groups in total. The number of hydrogen-bond acceptors (Lipinski definition) is 4. The number of esters is 1. The van der Waals surface area contributed by atoms with Crippen LogP contribution in [0.1, 0.15) is 18.1 Å². The molecule has 7 heteroatoms. The molecule has 1 aliphatic rings. The molecule has 3 rings (SSSR count). The molecule has 1 heterocycles. The molecule has 0 radical (unpaired) electrons. The van der Waals surface area contributed by atoms with Crippen LogP contribution in [0.2, 0.25) is 0 Å². The third-order valence-electron chi connectivity index (χ3n) is 4.19. The Morgan fingerprint density at radius 3 is 2.48 bits per heavy atom. The SMILES string of the molecule is CCOC(=O)C1Cc2ccccc2CN1S(=O)(=O)c1ccccc1F. The third kappa shape index (κ3) is 3.29. The van der Waals surface area contributed by atoms with Crippen LogP contribution >= 0.6 is 0 Å². The van der Waals surface area contributed by atoms with E-state index in [0.29, 0.717) is 0 Å². The van der Waals surface area contributed by atoms with Crippen LogP contribution in [0.25, 0.3) is 0 Å². The number of ether oxygens (including phenoxy) is 1. The van der Waals surface area contributed by atoms with Crippen LogP contribution in [0, 0.1) is 5.82 Å². The van der Waals surface area contributed by atoms with Gasteiger partial charge in [0.25, 0.3) is 0 Å². The lowest BCUT2D eigenvalue weighted by Crippen LogP contribution is -2.49. The van der Waals surface area contributed by atoms with E-state index in [2.05, 4.69) is 0 Å². The van der Waals surface area contributed by atoms with Crippen molar-refractivity contribution in [1.29, 1.82) is 0 Å². The summed E-state index contributed by atoms with van der Waals surface area (Å²) in [5, 5.41) is 0. The molecule has 0 aromatic heterocycles. The zero-order valence-electron chi connectivity index (χ0n) is 13.7. The Labute approximate surface area is 146 Å². The van der Waals surface area contributed by atoms with Gasteiger partial charge in [-0.25, -0.2) is 12.8 Å². The molecule has 0 saturated heterocycles. The summed E-state index contributed by atoms with van der Waals surface area (Å²) in [5.41, 5.74) is 1.68. The Kier molecular flexibility index (Phi) is 4.87. The molecule has 1 aliphatic heterocycles. The lowest BCUT2D eigenvalue weighted by Gasteiger charge is -2.34. The number of benzene rings is 2. The summed E-state index contributed by atoms with van der Waals surface area (Å²) in [4.78, 5) is 11.9. The number of carbonyl (C=O) groups excluding carboxylic acids is 1. The minimum absolute atomic E-state index is 0.00365. The molecule has 0 bridgehead atoms. The highest BCUT2D eigenvalue weighted by atomic mass is 32.2. The van der Waals surface area contributed by atoms with E-state index in [1.807, 2.05) is 12.1 Å². The first-order valence-corrected chi connectivity index (χ1v) is 9.39. The summed E-state index contributed by atoms with van der Waals surface area (Å²) in [6.07, 6.45) is 0.197. The van der Waals surface area contributed by atoms with Gasteiger partial charge in [-0.2, -0.15) is 4.31 Å². The van der Waals surface area contributed by atoms with Crippen LogP contribution in [0.15, 0.2) is 53.4 Å². The second kappa shape index (κ2) is 6.93. The van der Waals surface area contributed by atoms with Gasteiger partial charge < -0.3 is 4.74 Å². The molecule has 25 heavy (non-hydrogen) atoms. The number of rotatable bonds is 4. The van der Waals surface area contributed by atoms with Gasteiger partial charge in [0.1, 0.15) is 16.8 Å². The molecule has 0 amide bonds. The Morgan fingerprint density at radius 1 is 1.16 bits per heavy atom. The minimum Gasteiger partial charge on any atom is -0.465 e. The van der Waals surface area contributed by atoms with Crippen molar-refractivity contribution in [2.75, 3.05) is 6.61 Å². The van der Waals surface area contributed by atoms with E-state index in [-0.39, 0.29) is 19.6 Å². The topological polar surface area (TPSA) is 63.7 Å². The van der Waals surface area contributed by atoms with Crippen molar-refractivity contribution in [1.82, 2.24) is 4.31 Å². The molecule has 2 aromatic carbocycles. The summed E-state index contributed by atoms with van der Waals surface area (Å²) >= 11 is 0. The first-order valence-electron chi connectivity index (χ1n) is 7.95. The predicted octanol–water partition coefficient (Wildman–Crippen LogP) is 2.50. The van der Waals surface area contributed by atoms with Crippen LogP contribution < -0.4 is 0 Å². The smallest absolute Gasteiger partial charge is 0.324 e. The van der Waals surface area contributed by atoms with Gasteiger partial charge in [-0.05, 0) is 30.2 Å². The van der Waals surface area contributed by atoms with E-state index in [9.17, 15) is 17.6 Å². The highest BCUT2D eigenvalue weighted by Crippen LogP contribution is 2.30. The maximum Gasteiger partial charge on any atom is 0.324 e. The highest BCUT2D eigenvalue weighted by Gasteiger charge is 2.41. The van der Waals surface area contributed by atoms with Gasteiger partial charge in [0.15, 0.2) is 0 Å². The van der Waals surface area contributed by atoms with Crippen LogP contribution in [-0.2, 0) is 32.5 Å².